The van der Waals surface area contributed by atoms with E-state index in [-0.39, 0.29) is 0 Å². The Bertz CT molecular complexity index is 470. The van der Waals surface area contributed by atoms with Gasteiger partial charge in [0.05, 0.1) is 0 Å². The number of halogens is 1. The van der Waals surface area contributed by atoms with Crippen molar-refractivity contribution >= 4 is 30.0 Å². The summed E-state index contributed by atoms with van der Waals surface area (Å²) in [6.07, 6.45) is 2.63. The van der Waals surface area contributed by atoms with Gasteiger partial charge in [-0.2, -0.15) is 0 Å². The first-order valence-corrected chi connectivity index (χ1v) is 12.4. The highest BCUT2D eigenvalue weighted by Crippen LogP contribution is 2.55. The maximum absolute atomic E-state index is 6.53. The van der Waals surface area contributed by atoms with E-state index >= 15 is 0 Å². The molecule has 0 amide bonds. The van der Waals surface area contributed by atoms with E-state index in [1.807, 2.05) is 0 Å². The van der Waals surface area contributed by atoms with Crippen LogP contribution in [0.15, 0.2) is 23.1 Å². The molecule has 0 radical (unpaired) electrons. The maximum Gasteiger partial charge on any atom is 0.131 e. The molecule has 1 aromatic rings. The Hall–Kier alpha value is 0.0769. The standard InChI is InChI=1S/C18H29ClSSi/c1-12(2)21(13(3)4,14(5)6)20-17-9-7-8-16(19)18(17)15-10-11-15/h7-9,12-15H,10-11H2,1-6H3. The average molecular weight is 341 g/mol. The summed E-state index contributed by atoms with van der Waals surface area (Å²) in [5, 5.41) is 0.988. The van der Waals surface area contributed by atoms with Gasteiger partial charge in [-0.1, -0.05) is 59.2 Å². The fourth-order valence-corrected chi connectivity index (χ4v) is 13.7. The second-order valence-electron chi connectivity index (χ2n) is 7.35. The van der Waals surface area contributed by atoms with Gasteiger partial charge in [0.25, 0.3) is 0 Å². The molecule has 0 heterocycles. The minimum Gasteiger partial charge on any atom is -0.150 e. The Balaban J connectivity index is 2.44. The lowest BCUT2D eigenvalue weighted by Gasteiger charge is -2.42. The number of hydrogen-bond acceptors (Lipinski definition) is 1. The van der Waals surface area contributed by atoms with Crippen LogP contribution >= 0.6 is 22.8 Å². The Morgan fingerprint density at radius 3 is 1.95 bits per heavy atom. The van der Waals surface area contributed by atoms with Gasteiger partial charge in [-0.05, 0) is 53.1 Å². The summed E-state index contributed by atoms with van der Waals surface area (Å²) >= 11 is 8.76. The molecule has 118 valence electrons. The van der Waals surface area contributed by atoms with Gasteiger partial charge in [-0.15, -0.1) is 11.2 Å². The topological polar surface area (TPSA) is 0 Å². The van der Waals surface area contributed by atoms with E-state index in [1.165, 1.54) is 23.3 Å². The monoisotopic (exact) mass is 340 g/mol. The highest BCUT2D eigenvalue weighted by molar-refractivity contribution is 8.29. The minimum absolute atomic E-state index is 0.722. The van der Waals surface area contributed by atoms with E-state index in [2.05, 4.69) is 71.0 Å². The van der Waals surface area contributed by atoms with Crippen LogP contribution in [0.4, 0.5) is 0 Å². The van der Waals surface area contributed by atoms with Crippen LogP contribution < -0.4 is 0 Å². The molecule has 0 bridgehead atoms. The summed E-state index contributed by atoms with van der Waals surface area (Å²) in [5.41, 5.74) is 3.76. The van der Waals surface area contributed by atoms with Gasteiger partial charge >= 0.3 is 0 Å². The molecule has 1 fully saturated rings. The summed E-state index contributed by atoms with van der Waals surface area (Å²) in [6, 6.07) is 6.53. The van der Waals surface area contributed by atoms with Crippen molar-refractivity contribution in [3.05, 3.63) is 28.8 Å². The van der Waals surface area contributed by atoms with Gasteiger partial charge < -0.3 is 0 Å². The van der Waals surface area contributed by atoms with Crippen LogP contribution in [-0.4, -0.2) is 7.22 Å². The highest BCUT2D eigenvalue weighted by atomic mass is 35.5. The molecule has 0 aromatic heterocycles. The van der Waals surface area contributed by atoms with E-state index in [0.29, 0.717) is 0 Å². The van der Waals surface area contributed by atoms with Gasteiger partial charge in [0.2, 0.25) is 0 Å². The lowest BCUT2D eigenvalue weighted by Crippen LogP contribution is -2.41. The predicted molar refractivity (Wildman–Crippen MR) is 100 cm³/mol. The van der Waals surface area contributed by atoms with Crippen molar-refractivity contribution < 1.29 is 0 Å². The van der Waals surface area contributed by atoms with Gasteiger partial charge in [-0.3, -0.25) is 0 Å². The summed E-state index contributed by atoms with van der Waals surface area (Å²) in [4.78, 5) is 1.48. The van der Waals surface area contributed by atoms with E-state index in [1.54, 1.807) is 0 Å². The summed E-state index contributed by atoms with van der Waals surface area (Å²) in [7, 11) is -1.48. The van der Waals surface area contributed by atoms with Crippen molar-refractivity contribution in [2.75, 3.05) is 0 Å². The van der Waals surface area contributed by atoms with Crippen molar-refractivity contribution in [2.45, 2.75) is 81.8 Å². The Labute approximate surface area is 140 Å². The number of benzene rings is 1. The van der Waals surface area contributed by atoms with E-state index < -0.39 is 7.22 Å². The Morgan fingerprint density at radius 2 is 1.52 bits per heavy atom. The molecule has 0 unspecified atom stereocenters. The quantitative estimate of drug-likeness (QED) is 0.483. The summed E-state index contributed by atoms with van der Waals surface area (Å²) in [5.74, 6) is 0.722. The van der Waals surface area contributed by atoms with Crippen LogP contribution in [0, 0.1) is 0 Å². The van der Waals surface area contributed by atoms with Gasteiger partial charge in [0.1, 0.15) is 7.22 Å². The molecule has 1 aliphatic rings. The third kappa shape index (κ3) is 3.38. The van der Waals surface area contributed by atoms with Crippen molar-refractivity contribution in [3.8, 4) is 0 Å². The molecule has 1 aromatic carbocycles. The molecule has 0 N–H and O–H groups in total. The zero-order chi connectivity index (χ0) is 15.8. The minimum atomic E-state index is -1.48. The van der Waals surface area contributed by atoms with Gasteiger partial charge in [-0.25, -0.2) is 0 Å². The molecule has 1 aliphatic carbocycles. The Morgan fingerprint density at radius 1 is 1.00 bits per heavy atom. The van der Waals surface area contributed by atoms with E-state index in [0.717, 1.165) is 27.6 Å². The zero-order valence-corrected chi connectivity index (χ0v) is 16.8. The lowest BCUT2D eigenvalue weighted by molar-refractivity contribution is 0.851. The van der Waals surface area contributed by atoms with Crippen LogP contribution in [0.2, 0.25) is 21.6 Å². The molecule has 1 saturated carbocycles. The normalized spacial score (nSPS) is 16.3. The first-order valence-electron chi connectivity index (χ1n) is 8.28. The molecule has 3 heteroatoms. The zero-order valence-electron chi connectivity index (χ0n) is 14.2. The first kappa shape index (κ1) is 17.4. The Kier molecular flexibility index (Phi) is 5.54. The molecule has 0 aliphatic heterocycles. The van der Waals surface area contributed by atoms with Crippen LogP contribution in [0.5, 0.6) is 0 Å². The molecule has 0 saturated heterocycles. The largest absolute Gasteiger partial charge is 0.150 e. The highest BCUT2D eigenvalue weighted by Gasteiger charge is 2.45. The fourth-order valence-electron chi connectivity index (χ4n) is 3.92. The van der Waals surface area contributed by atoms with Crippen LogP contribution in [0.1, 0.15) is 65.9 Å². The smallest absolute Gasteiger partial charge is 0.131 e. The second kappa shape index (κ2) is 6.68. The number of hydrogen-bond donors (Lipinski definition) is 0. The first-order chi connectivity index (χ1) is 9.80. The van der Waals surface area contributed by atoms with E-state index in [4.69, 9.17) is 11.6 Å². The SMILES string of the molecule is CC(C)[Si](Sc1cccc(Cl)c1C1CC1)(C(C)C)C(C)C. The van der Waals surface area contributed by atoms with Crippen LogP contribution in [0.3, 0.4) is 0 Å². The molecule has 0 nitrogen and oxygen atoms in total. The molecule has 2 rings (SSSR count). The van der Waals surface area contributed by atoms with Crippen molar-refractivity contribution in [3.63, 3.8) is 0 Å². The van der Waals surface area contributed by atoms with Crippen molar-refractivity contribution in [1.29, 1.82) is 0 Å². The van der Waals surface area contributed by atoms with Crippen molar-refractivity contribution in [2.24, 2.45) is 0 Å². The molecule has 21 heavy (non-hydrogen) atoms. The summed E-state index contributed by atoms with van der Waals surface area (Å²) < 4.78 is 0. The van der Waals surface area contributed by atoms with Gasteiger partial charge in [0, 0.05) is 9.92 Å². The molecule has 0 atom stereocenters. The third-order valence-corrected chi connectivity index (χ3v) is 17.6. The maximum atomic E-state index is 6.53. The fraction of sp³-hybridized carbons (Fsp3) is 0.667. The molecule has 0 spiro atoms. The number of rotatable bonds is 6. The third-order valence-electron chi connectivity index (χ3n) is 4.99. The van der Waals surface area contributed by atoms with Crippen molar-refractivity contribution in [1.82, 2.24) is 0 Å². The second-order valence-corrected chi connectivity index (χ2v) is 16.3. The van der Waals surface area contributed by atoms with Crippen LogP contribution in [-0.2, 0) is 0 Å². The van der Waals surface area contributed by atoms with Crippen LogP contribution in [0.25, 0.3) is 0 Å². The van der Waals surface area contributed by atoms with E-state index in [9.17, 15) is 0 Å². The molecular weight excluding hydrogens is 312 g/mol. The van der Waals surface area contributed by atoms with Gasteiger partial charge in [0.15, 0.2) is 0 Å². The molecular formula is C18H29ClSSi. The average Bonchev–Trinajstić information content (AvgIpc) is 3.18. The predicted octanol–water partition coefficient (Wildman–Crippen LogP) is 7.49. The summed E-state index contributed by atoms with van der Waals surface area (Å²) in [6.45, 7) is 14.6. The lowest BCUT2D eigenvalue weighted by atomic mass is 10.1.